The highest BCUT2D eigenvalue weighted by Gasteiger charge is 2.28. The van der Waals surface area contributed by atoms with Crippen LogP contribution in [0.4, 0.5) is 5.69 Å². The van der Waals surface area contributed by atoms with Crippen LogP contribution in [0.3, 0.4) is 0 Å². The van der Waals surface area contributed by atoms with Crippen LogP contribution < -0.4 is 15.5 Å². The number of aromatic nitrogens is 1. The summed E-state index contributed by atoms with van der Waals surface area (Å²) >= 11 is 0. The smallest absolute Gasteiger partial charge is 0.291 e. The highest BCUT2D eigenvalue weighted by molar-refractivity contribution is 6.10. The molecule has 0 aliphatic heterocycles. The van der Waals surface area contributed by atoms with Gasteiger partial charge in [0.1, 0.15) is 11.5 Å². The molecule has 2 N–H and O–H groups in total. The molecule has 8 nitrogen and oxygen atoms in total. The van der Waals surface area contributed by atoms with E-state index in [9.17, 15) is 9.59 Å². The number of hydrazone groups is 1. The molecule has 0 spiro atoms. The Morgan fingerprint density at radius 1 is 1.12 bits per heavy atom. The molecule has 1 aliphatic rings. The minimum atomic E-state index is -0.357. The number of benzene rings is 1. The molecule has 0 saturated heterocycles. The lowest BCUT2D eigenvalue weighted by atomic mass is 9.93. The third-order valence-electron chi connectivity index (χ3n) is 5.20. The number of anilines is 1. The van der Waals surface area contributed by atoms with Gasteiger partial charge in [-0.25, -0.2) is 5.43 Å². The number of pyridine rings is 1. The van der Waals surface area contributed by atoms with Crippen LogP contribution in [0.5, 0.6) is 5.75 Å². The molecule has 0 atom stereocenters. The predicted octanol–water partition coefficient (Wildman–Crippen LogP) is 4.10. The number of fused-ring (bicyclic) bond motifs is 1. The van der Waals surface area contributed by atoms with Gasteiger partial charge in [-0.15, -0.1) is 0 Å². The van der Waals surface area contributed by atoms with Gasteiger partial charge in [0.2, 0.25) is 0 Å². The second kappa shape index (κ2) is 9.47. The van der Waals surface area contributed by atoms with Crippen molar-refractivity contribution in [3.05, 3.63) is 77.0 Å². The van der Waals surface area contributed by atoms with Gasteiger partial charge < -0.3 is 14.5 Å². The number of amides is 2. The summed E-state index contributed by atoms with van der Waals surface area (Å²) in [4.78, 5) is 29.2. The van der Waals surface area contributed by atoms with Crippen molar-refractivity contribution < 1.29 is 18.7 Å². The molecule has 1 aromatic carbocycles. The minimum absolute atomic E-state index is 0.233. The van der Waals surface area contributed by atoms with Crippen molar-refractivity contribution in [2.24, 2.45) is 5.10 Å². The Bertz CT molecular complexity index is 1170. The van der Waals surface area contributed by atoms with Gasteiger partial charge in [-0.3, -0.25) is 14.6 Å². The fourth-order valence-corrected chi connectivity index (χ4v) is 3.71. The normalized spacial score (nSPS) is 14.0. The number of carbonyl (C=O) groups is 2. The molecule has 164 valence electrons. The Labute approximate surface area is 185 Å². The molecular formula is C24H24N4O4. The first-order valence-electron chi connectivity index (χ1n) is 10.5. The number of ether oxygens (including phenoxy) is 1. The Kier molecular flexibility index (Phi) is 6.30. The summed E-state index contributed by atoms with van der Waals surface area (Å²) in [5.41, 5.74) is 5.83. The van der Waals surface area contributed by atoms with Crippen molar-refractivity contribution in [2.75, 3.05) is 11.9 Å². The third kappa shape index (κ3) is 4.39. The Hall–Kier alpha value is -3.94. The van der Waals surface area contributed by atoms with Gasteiger partial charge in [0.25, 0.3) is 11.8 Å². The molecular weight excluding hydrogens is 408 g/mol. The van der Waals surface area contributed by atoms with Crippen LogP contribution in [0.2, 0.25) is 0 Å². The van der Waals surface area contributed by atoms with E-state index in [0.29, 0.717) is 53.5 Å². The molecule has 3 aromatic rings. The summed E-state index contributed by atoms with van der Waals surface area (Å²) in [6, 6.07) is 10.5. The van der Waals surface area contributed by atoms with Crippen molar-refractivity contribution in [1.82, 2.24) is 10.4 Å². The molecule has 4 rings (SSSR count). The second-order valence-electron chi connectivity index (χ2n) is 7.33. The molecule has 2 aromatic heterocycles. The average molecular weight is 432 g/mol. The van der Waals surface area contributed by atoms with Crippen LogP contribution in [0.1, 0.15) is 57.6 Å². The summed E-state index contributed by atoms with van der Waals surface area (Å²) < 4.78 is 11.5. The van der Waals surface area contributed by atoms with Gasteiger partial charge in [-0.2, -0.15) is 5.10 Å². The van der Waals surface area contributed by atoms with E-state index in [1.165, 1.54) is 0 Å². The number of carbonyl (C=O) groups excluding carboxylic acids is 2. The number of nitrogens with one attached hydrogen (secondary N) is 2. The van der Waals surface area contributed by atoms with E-state index in [2.05, 4.69) is 20.8 Å². The van der Waals surface area contributed by atoms with E-state index in [0.717, 1.165) is 12.0 Å². The first-order chi connectivity index (χ1) is 15.6. The lowest BCUT2D eigenvalue weighted by Gasteiger charge is -2.13. The van der Waals surface area contributed by atoms with Crippen LogP contribution in [0, 0.1) is 6.92 Å². The number of aryl methyl sites for hydroxylation is 1. The molecule has 8 heteroatoms. The first-order valence-corrected chi connectivity index (χ1v) is 10.5. The maximum Gasteiger partial charge on any atom is 0.291 e. The number of rotatable bonds is 6. The van der Waals surface area contributed by atoms with E-state index in [1.54, 1.807) is 36.7 Å². The predicted molar refractivity (Wildman–Crippen MR) is 120 cm³/mol. The number of hydrogen-bond donors (Lipinski definition) is 2. The fourth-order valence-electron chi connectivity index (χ4n) is 3.71. The van der Waals surface area contributed by atoms with Crippen molar-refractivity contribution in [3.8, 4) is 5.75 Å². The lowest BCUT2D eigenvalue weighted by molar-refractivity contribution is 0.0953. The molecule has 0 radical (unpaired) electrons. The summed E-state index contributed by atoms with van der Waals surface area (Å²) in [6.45, 7) is 4.21. The Balaban J connectivity index is 1.57. The molecule has 0 fully saturated rings. The van der Waals surface area contributed by atoms with Crippen molar-refractivity contribution in [2.45, 2.75) is 33.1 Å². The number of nitrogens with zero attached hydrogens (tertiary/aromatic N) is 2. The molecule has 32 heavy (non-hydrogen) atoms. The number of hydrogen-bond acceptors (Lipinski definition) is 6. The molecule has 0 saturated carbocycles. The number of furan rings is 1. The maximum absolute atomic E-state index is 13.0. The van der Waals surface area contributed by atoms with Crippen LogP contribution in [-0.4, -0.2) is 29.1 Å². The van der Waals surface area contributed by atoms with Crippen LogP contribution in [0.25, 0.3) is 0 Å². The minimum Gasteiger partial charge on any atom is -0.492 e. The second-order valence-corrected chi connectivity index (χ2v) is 7.33. The van der Waals surface area contributed by atoms with E-state index < -0.39 is 0 Å². The number of para-hydroxylation sites is 2. The van der Waals surface area contributed by atoms with Crippen molar-refractivity contribution in [1.29, 1.82) is 0 Å². The Morgan fingerprint density at radius 3 is 2.69 bits per heavy atom. The highest BCUT2D eigenvalue weighted by Crippen LogP contribution is 2.31. The van der Waals surface area contributed by atoms with E-state index in [4.69, 9.17) is 9.15 Å². The van der Waals surface area contributed by atoms with Crippen molar-refractivity contribution >= 4 is 23.2 Å². The van der Waals surface area contributed by atoms with Gasteiger partial charge in [0, 0.05) is 35.5 Å². The summed E-state index contributed by atoms with van der Waals surface area (Å²) in [5, 5.41) is 7.22. The zero-order valence-electron chi connectivity index (χ0n) is 18.0. The van der Waals surface area contributed by atoms with Gasteiger partial charge >= 0.3 is 0 Å². The van der Waals surface area contributed by atoms with E-state index in [1.807, 2.05) is 26.0 Å². The van der Waals surface area contributed by atoms with Gasteiger partial charge in [-0.05, 0) is 51.0 Å². The SMILES string of the molecule is CCOc1ccccc1NC(=O)c1oc2c(c1C)/C(=N/NC(=O)c1ccncc1)CCC2. The average Bonchev–Trinajstić information content (AvgIpc) is 3.16. The Morgan fingerprint density at radius 2 is 1.91 bits per heavy atom. The molecule has 2 heterocycles. The van der Waals surface area contributed by atoms with E-state index >= 15 is 0 Å². The largest absolute Gasteiger partial charge is 0.492 e. The zero-order valence-corrected chi connectivity index (χ0v) is 18.0. The monoisotopic (exact) mass is 432 g/mol. The van der Waals surface area contributed by atoms with E-state index in [-0.39, 0.29) is 17.6 Å². The molecule has 0 unspecified atom stereocenters. The fraction of sp³-hybridized carbons (Fsp3) is 0.250. The summed E-state index contributed by atoms with van der Waals surface area (Å²) in [7, 11) is 0. The van der Waals surface area contributed by atoms with Crippen molar-refractivity contribution in [3.63, 3.8) is 0 Å². The molecule has 0 bridgehead atoms. The lowest BCUT2D eigenvalue weighted by Crippen LogP contribution is -2.22. The zero-order chi connectivity index (χ0) is 22.5. The highest BCUT2D eigenvalue weighted by atomic mass is 16.5. The van der Waals surface area contributed by atoms with Crippen LogP contribution in [-0.2, 0) is 6.42 Å². The van der Waals surface area contributed by atoms with Crippen LogP contribution >= 0.6 is 0 Å². The quantitative estimate of drug-likeness (QED) is 0.571. The van der Waals surface area contributed by atoms with Gasteiger partial charge in [0.05, 0.1) is 18.0 Å². The third-order valence-corrected chi connectivity index (χ3v) is 5.20. The summed E-state index contributed by atoms with van der Waals surface area (Å²) in [6.07, 6.45) is 5.30. The van der Waals surface area contributed by atoms with Gasteiger partial charge in [0.15, 0.2) is 5.76 Å². The van der Waals surface area contributed by atoms with Crippen LogP contribution in [0.15, 0.2) is 58.3 Å². The molecule has 2 amide bonds. The standard InChI is InChI=1S/C24H24N4O4/c1-3-31-19-9-5-4-7-17(19)26-24(30)22-15(2)21-18(8-6-10-20(21)32-22)27-28-23(29)16-11-13-25-14-12-16/h4-5,7,9,11-14H,3,6,8,10H2,1-2H3,(H,26,30)(H,28,29)/b27-18+. The van der Waals surface area contributed by atoms with Gasteiger partial charge in [-0.1, -0.05) is 12.1 Å². The topological polar surface area (TPSA) is 106 Å². The summed E-state index contributed by atoms with van der Waals surface area (Å²) in [5.74, 6) is 0.853. The maximum atomic E-state index is 13.0. The molecule has 1 aliphatic carbocycles. The first kappa shape index (κ1) is 21.3.